The molecule has 0 amide bonds. The SMILES string of the molecule is COc1cc2[nH]c(C)c(-c3ccc(-c4ccc(Cl)cc4)cc3)c(=O)c2cc1Cl. The van der Waals surface area contributed by atoms with Gasteiger partial charge in [-0.3, -0.25) is 4.79 Å². The lowest BCUT2D eigenvalue weighted by atomic mass is 9.98. The molecule has 0 spiro atoms. The monoisotopic (exact) mass is 409 g/mol. The molecule has 0 atom stereocenters. The van der Waals surface area contributed by atoms with Crippen molar-refractivity contribution in [3.05, 3.63) is 86.6 Å². The van der Waals surface area contributed by atoms with Crippen molar-refractivity contribution in [3.8, 4) is 28.0 Å². The number of hydrogen-bond donors (Lipinski definition) is 1. The molecule has 1 N–H and O–H groups in total. The first-order chi connectivity index (χ1) is 13.5. The van der Waals surface area contributed by atoms with E-state index in [9.17, 15) is 4.79 Å². The first-order valence-corrected chi connectivity index (χ1v) is 9.50. The number of H-pyrrole nitrogens is 1. The second kappa shape index (κ2) is 7.34. The van der Waals surface area contributed by atoms with E-state index < -0.39 is 0 Å². The predicted molar refractivity (Wildman–Crippen MR) is 117 cm³/mol. The minimum atomic E-state index is -0.0601. The number of hydrogen-bond acceptors (Lipinski definition) is 2. The molecule has 5 heteroatoms. The summed E-state index contributed by atoms with van der Waals surface area (Å²) in [7, 11) is 1.55. The molecule has 0 fully saturated rings. The van der Waals surface area contributed by atoms with E-state index in [0.29, 0.717) is 32.3 Å². The van der Waals surface area contributed by atoms with Crippen molar-refractivity contribution in [2.45, 2.75) is 6.92 Å². The van der Waals surface area contributed by atoms with Crippen LogP contribution in [-0.2, 0) is 0 Å². The van der Waals surface area contributed by atoms with Gasteiger partial charge in [-0.15, -0.1) is 0 Å². The number of pyridine rings is 1. The zero-order chi connectivity index (χ0) is 19.8. The number of fused-ring (bicyclic) bond motifs is 1. The molecule has 0 aliphatic heterocycles. The fraction of sp³-hybridized carbons (Fsp3) is 0.0870. The minimum absolute atomic E-state index is 0.0601. The highest BCUT2D eigenvalue weighted by molar-refractivity contribution is 6.32. The van der Waals surface area contributed by atoms with E-state index in [1.807, 2.05) is 55.5 Å². The van der Waals surface area contributed by atoms with E-state index in [4.69, 9.17) is 27.9 Å². The zero-order valence-electron chi connectivity index (χ0n) is 15.3. The summed E-state index contributed by atoms with van der Waals surface area (Å²) in [5.41, 5.74) is 5.05. The zero-order valence-corrected chi connectivity index (χ0v) is 16.9. The number of aromatic amines is 1. The number of methoxy groups -OCH3 is 1. The summed E-state index contributed by atoms with van der Waals surface area (Å²) in [6, 6.07) is 19.0. The van der Waals surface area contributed by atoms with Crippen LogP contribution in [0.2, 0.25) is 10.0 Å². The van der Waals surface area contributed by atoms with Crippen molar-refractivity contribution in [3.63, 3.8) is 0 Å². The van der Waals surface area contributed by atoms with Gasteiger partial charge in [0.25, 0.3) is 0 Å². The fourth-order valence-electron chi connectivity index (χ4n) is 3.39. The van der Waals surface area contributed by atoms with Crippen LogP contribution in [0.15, 0.2) is 65.5 Å². The quantitative estimate of drug-likeness (QED) is 0.420. The Morgan fingerprint density at radius 1 is 0.857 bits per heavy atom. The topological polar surface area (TPSA) is 42.1 Å². The van der Waals surface area contributed by atoms with Crippen molar-refractivity contribution in [2.24, 2.45) is 0 Å². The van der Waals surface area contributed by atoms with Gasteiger partial charge in [-0.05, 0) is 41.8 Å². The van der Waals surface area contributed by atoms with Crippen molar-refractivity contribution in [1.82, 2.24) is 4.98 Å². The average molecular weight is 410 g/mol. The van der Waals surface area contributed by atoms with Crippen LogP contribution in [0.25, 0.3) is 33.2 Å². The van der Waals surface area contributed by atoms with Gasteiger partial charge in [-0.1, -0.05) is 59.6 Å². The van der Waals surface area contributed by atoms with Crippen LogP contribution < -0.4 is 10.2 Å². The van der Waals surface area contributed by atoms with E-state index in [2.05, 4.69) is 4.98 Å². The molecule has 4 aromatic rings. The number of aromatic nitrogens is 1. The van der Waals surface area contributed by atoms with E-state index in [-0.39, 0.29) is 5.43 Å². The highest BCUT2D eigenvalue weighted by Crippen LogP contribution is 2.31. The largest absolute Gasteiger partial charge is 0.495 e. The van der Waals surface area contributed by atoms with Crippen molar-refractivity contribution >= 4 is 34.1 Å². The van der Waals surface area contributed by atoms with Crippen LogP contribution in [0.4, 0.5) is 0 Å². The van der Waals surface area contributed by atoms with Crippen LogP contribution >= 0.6 is 23.2 Å². The number of nitrogens with one attached hydrogen (secondary N) is 1. The minimum Gasteiger partial charge on any atom is -0.495 e. The Bertz CT molecular complexity index is 1230. The predicted octanol–water partition coefficient (Wildman–Crippen LogP) is 6.49. The Labute approximate surface area is 172 Å². The molecular weight excluding hydrogens is 393 g/mol. The lowest BCUT2D eigenvalue weighted by Gasteiger charge is -2.11. The highest BCUT2D eigenvalue weighted by Gasteiger charge is 2.14. The Morgan fingerprint density at radius 2 is 1.43 bits per heavy atom. The number of ether oxygens (including phenoxy) is 1. The van der Waals surface area contributed by atoms with Crippen LogP contribution in [0.1, 0.15) is 5.69 Å². The summed E-state index contributed by atoms with van der Waals surface area (Å²) in [4.78, 5) is 16.5. The number of halogens is 2. The van der Waals surface area contributed by atoms with Gasteiger partial charge < -0.3 is 9.72 Å². The van der Waals surface area contributed by atoms with Gasteiger partial charge in [0.05, 0.1) is 17.6 Å². The molecule has 4 rings (SSSR count). The van der Waals surface area contributed by atoms with E-state index >= 15 is 0 Å². The molecule has 1 heterocycles. The standard InChI is InChI=1S/C23H17Cl2NO2/c1-13-22(23(27)18-11-19(25)21(28-2)12-20(18)26-13)16-5-3-14(4-6-16)15-7-9-17(24)10-8-15/h3-12H,1-2H3,(H,26,27). The molecule has 0 aliphatic carbocycles. The van der Waals surface area contributed by atoms with Crippen molar-refractivity contribution < 1.29 is 4.74 Å². The molecule has 3 aromatic carbocycles. The lowest BCUT2D eigenvalue weighted by molar-refractivity contribution is 0.415. The van der Waals surface area contributed by atoms with Gasteiger partial charge in [0.2, 0.25) is 0 Å². The maximum Gasteiger partial charge on any atom is 0.197 e. The molecule has 0 aliphatic rings. The number of benzene rings is 3. The number of aryl methyl sites for hydroxylation is 1. The second-order valence-electron chi connectivity index (χ2n) is 6.57. The van der Waals surface area contributed by atoms with E-state index in [0.717, 1.165) is 22.4 Å². The van der Waals surface area contributed by atoms with Gasteiger partial charge in [0.15, 0.2) is 5.43 Å². The van der Waals surface area contributed by atoms with E-state index in [1.54, 1.807) is 19.2 Å². The molecule has 140 valence electrons. The third-order valence-electron chi connectivity index (χ3n) is 4.81. The third-order valence-corrected chi connectivity index (χ3v) is 5.36. The molecular formula is C23H17Cl2NO2. The lowest BCUT2D eigenvalue weighted by Crippen LogP contribution is -2.10. The molecule has 0 saturated heterocycles. The van der Waals surface area contributed by atoms with Crippen LogP contribution in [0.5, 0.6) is 5.75 Å². The first kappa shape index (κ1) is 18.6. The Balaban J connectivity index is 1.82. The summed E-state index contributed by atoms with van der Waals surface area (Å²) in [6.45, 7) is 1.89. The van der Waals surface area contributed by atoms with Crippen molar-refractivity contribution in [1.29, 1.82) is 0 Å². The highest BCUT2D eigenvalue weighted by atomic mass is 35.5. The Morgan fingerprint density at radius 3 is 2.04 bits per heavy atom. The van der Waals surface area contributed by atoms with Gasteiger partial charge in [0.1, 0.15) is 5.75 Å². The third kappa shape index (κ3) is 3.28. The fourth-order valence-corrected chi connectivity index (χ4v) is 3.76. The second-order valence-corrected chi connectivity index (χ2v) is 7.41. The summed E-state index contributed by atoms with van der Waals surface area (Å²) >= 11 is 12.2. The molecule has 0 radical (unpaired) electrons. The molecule has 1 aromatic heterocycles. The van der Waals surface area contributed by atoms with Gasteiger partial charge >= 0.3 is 0 Å². The molecule has 0 unspecified atom stereocenters. The first-order valence-electron chi connectivity index (χ1n) is 8.74. The summed E-state index contributed by atoms with van der Waals surface area (Å²) < 4.78 is 5.25. The molecule has 3 nitrogen and oxygen atoms in total. The van der Waals surface area contributed by atoms with Gasteiger partial charge in [-0.2, -0.15) is 0 Å². The number of rotatable bonds is 3. The summed E-state index contributed by atoms with van der Waals surface area (Å²) in [6.07, 6.45) is 0. The summed E-state index contributed by atoms with van der Waals surface area (Å²) in [5, 5.41) is 1.65. The smallest absolute Gasteiger partial charge is 0.197 e. The maximum absolute atomic E-state index is 13.2. The average Bonchev–Trinajstić information content (AvgIpc) is 2.69. The van der Waals surface area contributed by atoms with Crippen LogP contribution in [0, 0.1) is 6.92 Å². The van der Waals surface area contributed by atoms with Gasteiger partial charge in [-0.25, -0.2) is 0 Å². The Kier molecular flexibility index (Phi) is 4.88. The maximum atomic E-state index is 13.2. The van der Waals surface area contributed by atoms with E-state index in [1.165, 1.54) is 0 Å². The van der Waals surface area contributed by atoms with Crippen LogP contribution in [0.3, 0.4) is 0 Å². The van der Waals surface area contributed by atoms with Gasteiger partial charge in [0, 0.05) is 27.7 Å². The Hall–Kier alpha value is -2.75. The molecule has 0 saturated carbocycles. The molecule has 28 heavy (non-hydrogen) atoms. The van der Waals surface area contributed by atoms with Crippen LogP contribution in [-0.4, -0.2) is 12.1 Å². The normalized spacial score (nSPS) is 11.0. The molecule has 0 bridgehead atoms. The summed E-state index contributed by atoms with van der Waals surface area (Å²) in [5.74, 6) is 0.532. The van der Waals surface area contributed by atoms with Crippen molar-refractivity contribution in [2.75, 3.05) is 7.11 Å².